The van der Waals surface area contributed by atoms with E-state index in [0.717, 1.165) is 6.29 Å². The van der Waals surface area contributed by atoms with Crippen LogP contribution in [0.15, 0.2) is 47.4 Å². The third-order valence-corrected chi connectivity index (χ3v) is 3.18. The van der Waals surface area contributed by atoms with Crippen LogP contribution in [-0.2, 0) is 4.74 Å². The molecule has 0 fully saturated rings. The summed E-state index contributed by atoms with van der Waals surface area (Å²) in [4.78, 5) is 23.6. The molecule has 0 atom stereocenters. The van der Waals surface area contributed by atoms with Gasteiger partial charge in [-0.1, -0.05) is 30.3 Å². The number of hydrogen-bond acceptors (Lipinski definition) is 4. The second-order valence-electron chi connectivity index (χ2n) is 3.90. The highest BCUT2D eigenvalue weighted by Crippen LogP contribution is 2.32. The van der Waals surface area contributed by atoms with Crippen LogP contribution in [0.5, 0.6) is 0 Å². The lowest BCUT2D eigenvalue weighted by Gasteiger charge is -2.12. The van der Waals surface area contributed by atoms with Gasteiger partial charge in [0.05, 0.1) is 12.7 Å². The molecule has 4 heteroatoms. The Balaban J connectivity index is 2.74. The summed E-state index contributed by atoms with van der Waals surface area (Å²) in [7, 11) is 1.32. The summed E-state index contributed by atoms with van der Waals surface area (Å²) in [6.07, 6.45) is 0.761. The molecule has 0 spiro atoms. The fraction of sp³-hybridized carbons (Fsp3) is 0.0667. The molecule has 0 unspecified atom stereocenters. The molecule has 0 bridgehead atoms. The number of rotatable bonds is 3. The van der Waals surface area contributed by atoms with Crippen LogP contribution in [0, 0.1) is 0 Å². The zero-order chi connectivity index (χ0) is 13.8. The lowest BCUT2D eigenvalue weighted by atomic mass is 9.96. The van der Waals surface area contributed by atoms with Gasteiger partial charge in [0, 0.05) is 16.0 Å². The molecule has 2 rings (SSSR count). The van der Waals surface area contributed by atoms with Crippen LogP contribution in [0.2, 0.25) is 0 Å². The highest BCUT2D eigenvalue weighted by molar-refractivity contribution is 7.80. The fourth-order valence-electron chi connectivity index (χ4n) is 1.93. The number of ether oxygens (including phenoxy) is 1. The van der Waals surface area contributed by atoms with Crippen molar-refractivity contribution in [1.82, 2.24) is 0 Å². The maximum absolute atomic E-state index is 11.8. The molecule has 0 aliphatic carbocycles. The number of carbonyl (C=O) groups excluding carboxylic acids is 2. The minimum absolute atomic E-state index is 0.393. The Morgan fingerprint density at radius 1 is 1.16 bits per heavy atom. The second-order valence-corrected chi connectivity index (χ2v) is 4.38. The average Bonchev–Trinajstić information content (AvgIpc) is 2.46. The Labute approximate surface area is 116 Å². The molecule has 0 N–H and O–H groups in total. The Kier molecular flexibility index (Phi) is 4.02. The van der Waals surface area contributed by atoms with Crippen molar-refractivity contribution >= 4 is 24.9 Å². The maximum Gasteiger partial charge on any atom is 0.338 e. The molecule has 0 saturated carbocycles. The molecule has 0 saturated heterocycles. The predicted molar refractivity (Wildman–Crippen MR) is 75.9 cm³/mol. The highest BCUT2D eigenvalue weighted by atomic mass is 32.1. The highest BCUT2D eigenvalue weighted by Gasteiger charge is 2.17. The molecular weight excluding hydrogens is 260 g/mol. The van der Waals surface area contributed by atoms with Crippen molar-refractivity contribution in [2.45, 2.75) is 4.90 Å². The van der Waals surface area contributed by atoms with Gasteiger partial charge in [-0.2, -0.15) is 0 Å². The normalized spacial score (nSPS) is 10.0. The summed E-state index contributed by atoms with van der Waals surface area (Å²) < 4.78 is 4.77. The first kappa shape index (κ1) is 13.4. The molecule has 96 valence electrons. The van der Waals surface area contributed by atoms with Crippen molar-refractivity contribution in [2.75, 3.05) is 7.11 Å². The van der Waals surface area contributed by atoms with Crippen molar-refractivity contribution in [3.63, 3.8) is 0 Å². The van der Waals surface area contributed by atoms with Crippen LogP contribution in [0.4, 0.5) is 0 Å². The van der Waals surface area contributed by atoms with Crippen LogP contribution >= 0.6 is 12.6 Å². The molecule has 2 aromatic carbocycles. The first-order chi connectivity index (χ1) is 9.19. The third kappa shape index (κ3) is 2.53. The number of thiol groups is 1. The molecule has 0 aliphatic rings. The predicted octanol–water partition coefficient (Wildman–Crippen LogP) is 3.24. The number of aldehydes is 1. The molecule has 2 aromatic rings. The van der Waals surface area contributed by atoms with Gasteiger partial charge in [-0.25, -0.2) is 4.79 Å². The van der Waals surface area contributed by atoms with E-state index in [1.54, 1.807) is 36.4 Å². The fourth-order valence-corrected chi connectivity index (χ4v) is 2.26. The van der Waals surface area contributed by atoms with Gasteiger partial charge in [-0.3, -0.25) is 4.79 Å². The van der Waals surface area contributed by atoms with E-state index in [-0.39, 0.29) is 0 Å². The summed E-state index contributed by atoms with van der Waals surface area (Å²) in [5.41, 5.74) is 2.18. The molecule has 0 aliphatic heterocycles. The first-order valence-electron chi connectivity index (χ1n) is 5.64. The summed E-state index contributed by atoms with van der Waals surface area (Å²) in [5, 5.41) is 0. The number of benzene rings is 2. The largest absolute Gasteiger partial charge is 0.465 e. The lowest BCUT2D eigenvalue weighted by Crippen LogP contribution is -2.05. The van der Waals surface area contributed by atoms with Crippen LogP contribution in [0.1, 0.15) is 20.7 Å². The molecule has 0 radical (unpaired) electrons. The van der Waals surface area contributed by atoms with Crippen LogP contribution < -0.4 is 0 Å². The molecule has 0 heterocycles. The summed E-state index contributed by atoms with van der Waals surface area (Å²) >= 11 is 4.37. The van der Waals surface area contributed by atoms with E-state index >= 15 is 0 Å². The van der Waals surface area contributed by atoms with E-state index in [1.807, 2.05) is 6.07 Å². The van der Waals surface area contributed by atoms with Gasteiger partial charge in [0.25, 0.3) is 0 Å². The molecule has 3 nitrogen and oxygen atoms in total. The van der Waals surface area contributed by atoms with Crippen LogP contribution in [-0.4, -0.2) is 19.4 Å². The number of hydrogen-bond donors (Lipinski definition) is 1. The Hall–Kier alpha value is -2.07. The summed E-state index contributed by atoms with van der Waals surface area (Å²) in [6, 6.07) is 12.2. The van der Waals surface area contributed by atoms with Gasteiger partial charge in [0.15, 0.2) is 6.29 Å². The Morgan fingerprint density at radius 3 is 2.58 bits per heavy atom. The van der Waals surface area contributed by atoms with Crippen molar-refractivity contribution in [2.24, 2.45) is 0 Å². The van der Waals surface area contributed by atoms with Crippen LogP contribution in [0.25, 0.3) is 11.1 Å². The van der Waals surface area contributed by atoms with E-state index in [9.17, 15) is 9.59 Å². The minimum atomic E-state index is -0.452. The zero-order valence-corrected chi connectivity index (χ0v) is 11.2. The SMILES string of the molecule is COC(=O)c1cccc(S)c1-c1ccccc1C=O. The van der Waals surface area contributed by atoms with E-state index in [4.69, 9.17) is 4.74 Å². The van der Waals surface area contributed by atoms with Gasteiger partial charge < -0.3 is 4.74 Å². The Morgan fingerprint density at radius 2 is 1.89 bits per heavy atom. The number of methoxy groups -OCH3 is 1. The van der Waals surface area contributed by atoms with Gasteiger partial charge in [-0.15, -0.1) is 12.6 Å². The van der Waals surface area contributed by atoms with Gasteiger partial charge >= 0.3 is 5.97 Å². The van der Waals surface area contributed by atoms with Crippen LogP contribution in [0.3, 0.4) is 0 Å². The second kappa shape index (κ2) is 5.71. The number of carbonyl (C=O) groups is 2. The summed E-state index contributed by atoms with van der Waals surface area (Å²) in [5.74, 6) is -0.452. The molecule has 19 heavy (non-hydrogen) atoms. The Bertz CT molecular complexity index is 635. The monoisotopic (exact) mass is 272 g/mol. The van der Waals surface area contributed by atoms with E-state index in [0.29, 0.717) is 27.1 Å². The zero-order valence-electron chi connectivity index (χ0n) is 10.3. The smallest absolute Gasteiger partial charge is 0.338 e. The van der Waals surface area contributed by atoms with E-state index in [2.05, 4.69) is 12.6 Å². The molecule has 0 amide bonds. The van der Waals surface area contributed by atoms with Gasteiger partial charge in [-0.05, 0) is 17.7 Å². The molecular formula is C15H12O3S. The van der Waals surface area contributed by atoms with Crippen molar-refractivity contribution in [1.29, 1.82) is 0 Å². The quantitative estimate of drug-likeness (QED) is 0.530. The topological polar surface area (TPSA) is 43.4 Å². The third-order valence-electron chi connectivity index (χ3n) is 2.80. The van der Waals surface area contributed by atoms with Crippen molar-refractivity contribution in [3.05, 3.63) is 53.6 Å². The van der Waals surface area contributed by atoms with Gasteiger partial charge in [0.2, 0.25) is 0 Å². The maximum atomic E-state index is 11.8. The average molecular weight is 272 g/mol. The van der Waals surface area contributed by atoms with E-state index < -0.39 is 5.97 Å². The van der Waals surface area contributed by atoms with Crippen molar-refractivity contribution < 1.29 is 14.3 Å². The molecule has 0 aromatic heterocycles. The minimum Gasteiger partial charge on any atom is -0.465 e. The van der Waals surface area contributed by atoms with Crippen molar-refractivity contribution in [3.8, 4) is 11.1 Å². The summed E-state index contributed by atoms with van der Waals surface area (Å²) in [6.45, 7) is 0. The van der Waals surface area contributed by atoms with E-state index in [1.165, 1.54) is 7.11 Å². The standard InChI is InChI=1S/C15H12O3S/c1-18-15(17)12-7-4-8-13(19)14(12)11-6-3-2-5-10(11)9-16/h2-9,19H,1H3. The number of esters is 1. The first-order valence-corrected chi connectivity index (χ1v) is 6.08. The lowest BCUT2D eigenvalue weighted by molar-refractivity contribution is 0.0601. The van der Waals surface area contributed by atoms with Gasteiger partial charge in [0.1, 0.15) is 0 Å².